The van der Waals surface area contributed by atoms with E-state index in [9.17, 15) is 14.7 Å². The lowest BCUT2D eigenvalue weighted by Crippen LogP contribution is -2.59. The molecule has 6 nitrogen and oxygen atoms in total. The summed E-state index contributed by atoms with van der Waals surface area (Å²) in [7, 11) is 2.17. The Balaban J connectivity index is 1.62. The van der Waals surface area contributed by atoms with Gasteiger partial charge in [-0.1, -0.05) is 30.3 Å². The van der Waals surface area contributed by atoms with Gasteiger partial charge in [0.15, 0.2) is 0 Å². The van der Waals surface area contributed by atoms with E-state index in [0.717, 1.165) is 37.4 Å². The van der Waals surface area contributed by atoms with Gasteiger partial charge in [-0.3, -0.25) is 9.59 Å². The number of benzene rings is 1. The highest BCUT2D eigenvalue weighted by Gasteiger charge is 2.41. The van der Waals surface area contributed by atoms with Crippen LogP contribution in [0.25, 0.3) is 0 Å². The second-order valence-electron chi connectivity index (χ2n) is 8.66. The maximum atomic E-state index is 13.2. The van der Waals surface area contributed by atoms with Crippen LogP contribution in [0.1, 0.15) is 37.7 Å². The third-order valence-corrected chi connectivity index (χ3v) is 6.51. The SMILES string of the molecule is CN1CCC(C2CCN(C(=O)[C@](N)(CC(=O)O)Cc3ccccc3)CC2)CC1. The summed E-state index contributed by atoms with van der Waals surface area (Å²) in [6.07, 6.45) is 4.36. The summed E-state index contributed by atoms with van der Waals surface area (Å²) in [5.74, 6) is 0.159. The number of likely N-dealkylation sites (tertiary alicyclic amines) is 2. The Kier molecular flexibility index (Phi) is 6.73. The lowest BCUT2D eigenvalue weighted by Gasteiger charge is -2.41. The number of nitrogens with two attached hydrogens (primary N) is 1. The maximum absolute atomic E-state index is 13.2. The molecule has 0 bridgehead atoms. The van der Waals surface area contributed by atoms with Gasteiger partial charge in [0.25, 0.3) is 0 Å². The molecule has 28 heavy (non-hydrogen) atoms. The van der Waals surface area contributed by atoms with Crippen molar-refractivity contribution in [3.8, 4) is 0 Å². The zero-order chi connectivity index (χ0) is 20.1. The minimum atomic E-state index is -1.40. The molecule has 0 saturated carbocycles. The molecule has 0 unspecified atom stereocenters. The third kappa shape index (κ3) is 5.11. The van der Waals surface area contributed by atoms with Crippen LogP contribution in [0.15, 0.2) is 30.3 Å². The van der Waals surface area contributed by atoms with Gasteiger partial charge in [0.1, 0.15) is 5.54 Å². The number of carbonyl (C=O) groups is 2. The van der Waals surface area contributed by atoms with Gasteiger partial charge in [-0.2, -0.15) is 0 Å². The number of amides is 1. The van der Waals surface area contributed by atoms with E-state index in [1.54, 1.807) is 4.90 Å². The van der Waals surface area contributed by atoms with Crippen molar-refractivity contribution in [1.29, 1.82) is 0 Å². The molecule has 2 fully saturated rings. The fourth-order valence-corrected chi connectivity index (χ4v) is 4.83. The van der Waals surface area contributed by atoms with E-state index in [4.69, 9.17) is 5.73 Å². The van der Waals surface area contributed by atoms with Crippen LogP contribution < -0.4 is 5.73 Å². The van der Waals surface area contributed by atoms with Gasteiger partial charge in [-0.05, 0) is 69.6 Å². The molecule has 0 spiro atoms. The number of piperidine rings is 2. The minimum absolute atomic E-state index is 0.222. The molecule has 0 aromatic heterocycles. The fourth-order valence-electron chi connectivity index (χ4n) is 4.83. The van der Waals surface area contributed by atoms with Gasteiger partial charge in [0.05, 0.1) is 6.42 Å². The minimum Gasteiger partial charge on any atom is -0.481 e. The van der Waals surface area contributed by atoms with Crippen LogP contribution in [-0.4, -0.2) is 65.5 Å². The first-order valence-corrected chi connectivity index (χ1v) is 10.4. The van der Waals surface area contributed by atoms with Crippen LogP contribution in [0.4, 0.5) is 0 Å². The number of carbonyl (C=O) groups excluding carboxylic acids is 1. The summed E-state index contributed by atoms with van der Waals surface area (Å²) < 4.78 is 0. The normalized spacial score (nSPS) is 22.0. The van der Waals surface area contributed by atoms with Crippen molar-refractivity contribution in [2.75, 3.05) is 33.2 Å². The number of rotatable bonds is 6. The molecule has 2 saturated heterocycles. The average molecular weight is 388 g/mol. The van der Waals surface area contributed by atoms with E-state index in [-0.39, 0.29) is 18.7 Å². The van der Waals surface area contributed by atoms with Crippen molar-refractivity contribution in [1.82, 2.24) is 9.80 Å². The van der Waals surface area contributed by atoms with E-state index in [0.29, 0.717) is 19.0 Å². The van der Waals surface area contributed by atoms with E-state index in [1.807, 2.05) is 30.3 Å². The Hall–Kier alpha value is -1.92. The predicted molar refractivity (Wildman–Crippen MR) is 109 cm³/mol. The quantitative estimate of drug-likeness (QED) is 0.779. The number of nitrogens with zero attached hydrogens (tertiary/aromatic N) is 2. The van der Waals surface area contributed by atoms with Crippen molar-refractivity contribution in [3.05, 3.63) is 35.9 Å². The molecule has 2 heterocycles. The van der Waals surface area contributed by atoms with E-state index in [1.165, 1.54) is 12.8 Å². The van der Waals surface area contributed by atoms with Crippen LogP contribution in [0.5, 0.6) is 0 Å². The van der Waals surface area contributed by atoms with Crippen LogP contribution in [0.3, 0.4) is 0 Å². The summed E-state index contributed by atoms with van der Waals surface area (Å²) in [5, 5.41) is 9.35. The molecule has 0 aliphatic carbocycles. The molecule has 1 aromatic rings. The summed E-state index contributed by atoms with van der Waals surface area (Å²) >= 11 is 0. The fraction of sp³-hybridized carbons (Fsp3) is 0.636. The summed E-state index contributed by atoms with van der Waals surface area (Å²) in [6.45, 7) is 3.68. The zero-order valence-corrected chi connectivity index (χ0v) is 16.8. The van der Waals surface area contributed by atoms with Crippen molar-refractivity contribution < 1.29 is 14.7 Å². The molecule has 154 valence electrons. The molecule has 1 aromatic carbocycles. The summed E-state index contributed by atoms with van der Waals surface area (Å²) in [5.41, 5.74) is 5.91. The van der Waals surface area contributed by atoms with E-state index < -0.39 is 11.5 Å². The predicted octanol–water partition coefficient (Wildman–Crippen LogP) is 1.98. The van der Waals surface area contributed by atoms with E-state index in [2.05, 4.69) is 11.9 Å². The standard InChI is InChI=1S/C22H33N3O3/c1-24-11-7-18(8-12-24)19-9-13-25(14-10-19)21(28)22(23,16-20(26)27)15-17-5-3-2-4-6-17/h2-6,18-19H,7-16,23H2,1H3,(H,26,27)/t22-/m1/s1. The van der Waals surface area contributed by atoms with Crippen LogP contribution >= 0.6 is 0 Å². The van der Waals surface area contributed by atoms with Gasteiger partial charge < -0.3 is 20.6 Å². The molecule has 2 aliphatic heterocycles. The molecule has 1 amide bonds. The Morgan fingerprint density at radius 1 is 1.04 bits per heavy atom. The Bertz CT molecular complexity index is 665. The summed E-state index contributed by atoms with van der Waals surface area (Å²) in [4.78, 5) is 28.8. The molecule has 2 aliphatic rings. The van der Waals surface area contributed by atoms with Gasteiger partial charge in [0, 0.05) is 13.1 Å². The topological polar surface area (TPSA) is 86.9 Å². The maximum Gasteiger partial charge on any atom is 0.305 e. The molecule has 3 N–H and O–H groups in total. The van der Waals surface area contributed by atoms with Gasteiger partial charge >= 0.3 is 5.97 Å². The first-order valence-electron chi connectivity index (χ1n) is 10.4. The van der Waals surface area contributed by atoms with Crippen molar-refractivity contribution in [2.45, 2.75) is 44.1 Å². The average Bonchev–Trinajstić information content (AvgIpc) is 2.68. The lowest BCUT2D eigenvalue weighted by atomic mass is 9.78. The highest BCUT2D eigenvalue weighted by Crippen LogP contribution is 2.33. The summed E-state index contributed by atoms with van der Waals surface area (Å²) in [6, 6.07) is 9.45. The third-order valence-electron chi connectivity index (χ3n) is 6.51. The number of hydrogen-bond donors (Lipinski definition) is 2. The lowest BCUT2D eigenvalue weighted by molar-refractivity contribution is -0.146. The van der Waals surface area contributed by atoms with Crippen LogP contribution in [0, 0.1) is 11.8 Å². The first-order chi connectivity index (χ1) is 13.4. The Labute approximate surface area is 167 Å². The first kappa shape index (κ1) is 20.8. The number of carboxylic acids is 1. The largest absolute Gasteiger partial charge is 0.481 e. The number of carboxylic acid groups (broad SMARTS) is 1. The van der Waals surface area contributed by atoms with Crippen molar-refractivity contribution in [3.63, 3.8) is 0 Å². The van der Waals surface area contributed by atoms with Gasteiger partial charge in [-0.25, -0.2) is 0 Å². The second kappa shape index (κ2) is 9.05. The number of aliphatic carboxylic acids is 1. The monoisotopic (exact) mass is 387 g/mol. The van der Waals surface area contributed by atoms with Gasteiger partial charge in [0.2, 0.25) is 5.91 Å². The molecular weight excluding hydrogens is 354 g/mol. The molecule has 0 radical (unpaired) electrons. The van der Waals surface area contributed by atoms with Crippen LogP contribution in [-0.2, 0) is 16.0 Å². The van der Waals surface area contributed by atoms with Crippen molar-refractivity contribution >= 4 is 11.9 Å². The molecule has 6 heteroatoms. The second-order valence-corrected chi connectivity index (χ2v) is 8.66. The number of hydrogen-bond acceptors (Lipinski definition) is 4. The Morgan fingerprint density at radius 3 is 2.11 bits per heavy atom. The molecular formula is C22H33N3O3. The molecule has 3 rings (SSSR count). The highest BCUT2D eigenvalue weighted by atomic mass is 16.4. The van der Waals surface area contributed by atoms with Crippen molar-refractivity contribution in [2.24, 2.45) is 17.6 Å². The van der Waals surface area contributed by atoms with Crippen LogP contribution in [0.2, 0.25) is 0 Å². The van der Waals surface area contributed by atoms with Gasteiger partial charge in [-0.15, -0.1) is 0 Å². The zero-order valence-electron chi connectivity index (χ0n) is 16.8. The smallest absolute Gasteiger partial charge is 0.305 e. The highest BCUT2D eigenvalue weighted by molar-refractivity contribution is 5.90. The van der Waals surface area contributed by atoms with E-state index >= 15 is 0 Å². The molecule has 1 atom stereocenters. The Morgan fingerprint density at radius 2 is 1.57 bits per heavy atom.